The van der Waals surface area contributed by atoms with Crippen molar-refractivity contribution >= 4 is 0 Å². The fraction of sp³-hybridized carbons (Fsp3) is 1.00. The number of hydrogen-bond donors (Lipinski definition) is 1. The Morgan fingerprint density at radius 2 is 1.68 bits per heavy atom. The summed E-state index contributed by atoms with van der Waals surface area (Å²) >= 11 is 0. The Kier molecular flexibility index (Phi) is 6.19. The van der Waals surface area contributed by atoms with Crippen molar-refractivity contribution in [2.24, 2.45) is 23.7 Å². The van der Waals surface area contributed by atoms with Crippen LogP contribution in [0.4, 0.5) is 0 Å². The van der Waals surface area contributed by atoms with Gasteiger partial charge in [-0.05, 0) is 56.4 Å². The number of rotatable bonds is 5. The lowest BCUT2D eigenvalue weighted by molar-refractivity contribution is 0.163. The van der Waals surface area contributed by atoms with Gasteiger partial charge in [0.1, 0.15) is 0 Å². The standard InChI is InChI=1S/C18H35N/c1-14-9-11-17(13-15(14)2)18(19-3)12-10-16-7-5-4-6-8-16/h14-19H,4-13H2,1-3H3. The lowest BCUT2D eigenvalue weighted by Gasteiger charge is -2.37. The molecule has 4 unspecified atom stereocenters. The van der Waals surface area contributed by atoms with Crippen LogP contribution in [0.15, 0.2) is 0 Å². The van der Waals surface area contributed by atoms with Gasteiger partial charge in [0.25, 0.3) is 0 Å². The Balaban J connectivity index is 1.75. The van der Waals surface area contributed by atoms with E-state index in [4.69, 9.17) is 0 Å². The molecule has 0 radical (unpaired) electrons. The van der Waals surface area contributed by atoms with Crippen molar-refractivity contribution < 1.29 is 0 Å². The summed E-state index contributed by atoms with van der Waals surface area (Å²) in [5.41, 5.74) is 0. The van der Waals surface area contributed by atoms with Crippen LogP contribution in [-0.4, -0.2) is 13.1 Å². The molecule has 19 heavy (non-hydrogen) atoms. The van der Waals surface area contributed by atoms with Gasteiger partial charge in [-0.15, -0.1) is 0 Å². The minimum Gasteiger partial charge on any atom is -0.317 e. The van der Waals surface area contributed by atoms with Crippen LogP contribution >= 0.6 is 0 Å². The largest absolute Gasteiger partial charge is 0.317 e. The predicted octanol–water partition coefficient (Wildman–Crippen LogP) is 5.01. The zero-order valence-corrected chi connectivity index (χ0v) is 13.5. The van der Waals surface area contributed by atoms with Crippen LogP contribution in [0.3, 0.4) is 0 Å². The molecule has 0 heterocycles. The van der Waals surface area contributed by atoms with E-state index in [0.29, 0.717) is 0 Å². The molecule has 2 rings (SSSR count). The van der Waals surface area contributed by atoms with Gasteiger partial charge in [-0.1, -0.05) is 52.4 Å². The SMILES string of the molecule is CNC(CCC1CCCCC1)C1CCC(C)C(C)C1. The van der Waals surface area contributed by atoms with Gasteiger partial charge in [0.2, 0.25) is 0 Å². The van der Waals surface area contributed by atoms with Gasteiger partial charge in [0, 0.05) is 6.04 Å². The Labute approximate surface area is 120 Å². The van der Waals surface area contributed by atoms with E-state index < -0.39 is 0 Å². The Morgan fingerprint density at radius 1 is 0.947 bits per heavy atom. The summed E-state index contributed by atoms with van der Waals surface area (Å²) in [5, 5.41) is 3.65. The highest BCUT2D eigenvalue weighted by molar-refractivity contribution is 4.84. The molecule has 0 saturated heterocycles. The van der Waals surface area contributed by atoms with E-state index in [-0.39, 0.29) is 0 Å². The van der Waals surface area contributed by atoms with E-state index in [2.05, 4.69) is 26.2 Å². The summed E-state index contributed by atoms with van der Waals surface area (Å²) in [6, 6.07) is 0.789. The topological polar surface area (TPSA) is 12.0 Å². The maximum atomic E-state index is 3.65. The maximum absolute atomic E-state index is 3.65. The van der Waals surface area contributed by atoms with Crippen LogP contribution in [0.2, 0.25) is 0 Å². The average molecular weight is 265 g/mol. The molecule has 0 bridgehead atoms. The van der Waals surface area contributed by atoms with Gasteiger partial charge in [0.15, 0.2) is 0 Å². The van der Waals surface area contributed by atoms with Crippen LogP contribution in [0.5, 0.6) is 0 Å². The van der Waals surface area contributed by atoms with Crippen molar-refractivity contribution in [1.29, 1.82) is 0 Å². The maximum Gasteiger partial charge on any atom is 0.00925 e. The molecule has 2 aliphatic rings. The second-order valence-corrected chi connectivity index (χ2v) is 7.50. The Hall–Kier alpha value is -0.0400. The summed E-state index contributed by atoms with van der Waals surface area (Å²) in [5.74, 6) is 3.88. The van der Waals surface area contributed by atoms with E-state index in [0.717, 1.165) is 29.7 Å². The molecule has 1 heteroatoms. The average Bonchev–Trinajstić information content (AvgIpc) is 2.44. The monoisotopic (exact) mass is 265 g/mol. The number of nitrogens with one attached hydrogen (secondary N) is 1. The third-order valence-electron chi connectivity index (χ3n) is 6.19. The molecule has 0 amide bonds. The minimum atomic E-state index is 0.789. The van der Waals surface area contributed by atoms with Crippen LogP contribution in [0.1, 0.15) is 78.1 Å². The zero-order valence-electron chi connectivity index (χ0n) is 13.5. The molecule has 0 spiro atoms. The highest BCUT2D eigenvalue weighted by Crippen LogP contribution is 2.37. The first kappa shape index (κ1) is 15.4. The van der Waals surface area contributed by atoms with Gasteiger partial charge >= 0.3 is 0 Å². The Morgan fingerprint density at radius 3 is 2.32 bits per heavy atom. The second-order valence-electron chi connectivity index (χ2n) is 7.50. The van der Waals surface area contributed by atoms with Crippen LogP contribution in [-0.2, 0) is 0 Å². The van der Waals surface area contributed by atoms with Gasteiger partial charge in [0.05, 0.1) is 0 Å². The summed E-state index contributed by atoms with van der Waals surface area (Å²) in [6.07, 6.45) is 14.8. The molecular weight excluding hydrogens is 230 g/mol. The molecule has 2 aliphatic carbocycles. The van der Waals surface area contributed by atoms with Crippen molar-refractivity contribution in [2.45, 2.75) is 84.1 Å². The number of hydrogen-bond acceptors (Lipinski definition) is 1. The van der Waals surface area contributed by atoms with Crippen LogP contribution in [0, 0.1) is 23.7 Å². The molecule has 112 valence electrons. The normalized spacial score (nSPS) is 35.2. The Bertz CT molecular complexity index is 244. The summed E-state index contributed by atoms with van der Waals surface area (Å²) in [7, 11) is 2.19. The van der Waals surface area contributed by atoms with Gasteiger partial charge in [-0.3, -0.25) is 0 Å². The van der Waals surface area contributed by atoms with Gasteiger partial charge in [-0.2, -0.15) is 0 Å². The van der Waals surface area contributed by atoms with E-state index in [1.165, 1.54) is 64.2 Å². The van der Waals surface area contributed by atoms with E-state index in [9.17, 15) is 0 Å². The highest BCUT2D eigenvalue weighted by atomic mass is 14.9. The third-order valence-corrected chi connectivity index (χ3v) is 6.19. The van der Waals surface area contributed by atoms with E-state index in [1.54, 1.807) is 0 Å². The van der Waals surface area contributed by atoms with Crippen LogP contribution < -0.4 is 5.32 Å². The molecule has 4 atom stereocenters. The van der Waals surface area contributed by atoms with Crippen molar-refractivity contribution in [3.8, 4) is 0 Å². The molecule has 0 aromatic rings. The lowest BCUT2D eigenvalue weighted by Crippen LogP contribution is -2.38. The molecule has 1 N–H and O–H groups in total. The van der Waals surface area contributed by atoms with E-state index >= 15 is 0 Å². The molecular formula is C18H35N. The summed E-state index contributed by atoms with van der Waals surface area (Å²) in [6.45, 7) is 4.90. The van der Waals surface area contributed by atoms with E-state index in [1.807, 2.05) is 0 Å². The fourth-order valence-electron chi connectivity index (χ4n) is 4.46. The predicted molar refractivity (Wildman–Crippen MR) is 84.3 cm³/mol. The van der Waals surface area contributed by atoms with Crippen molar-refractivity contribution in [3.63, 3.8) is 0 Å². The van der Waals surface area contributed by atoms with Crippen molar-refractivity contribution in [3.05, 3.63) is 0 Å². The van der Waals surface area contributed by atoms with Crippen molar-refractivity contribution in [1.82, 2.24) is 5.32 Å². The molecule has 2 saturated carbocycles. The summed E-state index contributed by atoms with van der Waals surface area (Å²) < 4.78 is 0. The molecule has 2 fully saturated rings. The molecule has 1 nitrogen and oxygen atoms in total. The first-order chi connectivity index (χ1) is 9.20. The van der Waals surface area contributed by atoms with Gasteiger partial charge < -0.3 is 5.32 Å². The van der Waals surface area contributed by atoms with Crippen LogP contribution in [0.25, 0.3) is 0 Å². The zero-order chi connectivity index (χ0) is 13.7. The first-order valence-electron chi connectivity index (χ1n) is 8.88. The van der Waals surface area contributed by atoms with Crippen molar-refractivity contribution in [2.75, 3.05) is 7.05 Å². The highest BCUT2D eigenvalue weighted by Gasteiger charge is 2.29. The lowest BCUT2D eigenvalue weighted by atomic mass is 9.72. The molecule has 0 aromatic heterocycles. The van der Waals surface area contributed by atoms with Gasteiger partial charge in [-0.25, -0.2) is 0 Å². The minimum absolute atomic E-state index is 0.789. The molecule has 0 aromatic carbocycles. The third kappa shape index (κ3) is 4.48. The molecule has 0 aliphatic heterocycles. The first-order valence-corrected chi connectivity index (χ1v) is 8.88. The summed E-state index contributed by atoms with van der Waals surface area (Å²) in [4.78, 5) is 0. The quantitative estimate of drug-likeness (QED) is 0.737. The second kappa shape index (κ2) is 7.67. The smallest absolute Gasteiger partial charge is 0.00925 e. The fourth-order valence-corrected chi connectivity index (χ4v) is 4.46.